The lowest BCUT2D eigenvalue weighted by Gasteiger charge is -2.39. The minimum absolute atomic E-state index is 0.245. The number of benzene rings is 1. The molecule has 0 spiro atoms. The van der Waals surface area contributed by atoms with Gasteiger partial charge in [0.2, 0.25) is 5.95 Å². The molecule has 4 rings (SSSR count). The molecule has 0 radical (unpaired) electrons. The number of fused-ring (bicyclic) bond motifs is 1. The van der Waals surface area contributed by atoms with Gasteiger partial charge in [0.25, 0.3) is 5.91 Å². The molecule has 0 bridgehead atoms. The molecule has 1 amide bonds. The van der Waals surface area contributed by atoms with Gasteiger partial charge in [-0.25, -0.2) is 4.98 Å². The van der Waals surface area contributed by atoms with E-state index in [1.54, 1.807) is 31.0 Å². The molecule has 35 heavy (non-hydrogen) atoms. The van der Waals surface area contributed by atoms with Gasteiger partial charge in [-0.3, -0.25) is 9.69 Å². The van der Waals surface area contributed by atoms with Crippen LogP contribution >= 0.6 is 23.2 Å². The first-order chi connectivity index (χ1) is 16.7. The second-order valence-electron chi connectivity index (χ2n) is 8.97. The normalized spacial score (nSPS) is 20.1. The van der Waals surface area contributed by atoms with Crippen LogP contribution in [0.5, 0.6) is 0 Å². The molecule has 1 aromatic carbocycles. The monoisotopic (exact) mass is 515 g/mol. The van der Waals surface area contributed by atoms with E-state index in [0.29, 0.717) is 39.1 Å². The third-order valence-corrected chi connectivity index (χ3v) is 7.06. The average molecular weight is 516 g/mol. The number of likely N-dealkylation sites (N-methyl/N-ethyl adjacent to an activating group) is 1. The molecule has 186 valence electrons. The number of halogens is 2. The Hall–Kier alpha value is -2.81. The van der Waals surface area contributed by atoms with Crippen molar-refractivity contribution in [1.29, 1.82) is 0 Å². The van der Waals surface area contributed by atoms with E-state index in [4.69, 9.17) is 23.2 Å². The maximum absolute atomic E-state index is 13.2. The van der Waals surface area contributed by atoms with Gasteiger partial charge in [0.1, 0.15) is 11.4 Å². The van der Waals surface area contributed by atoms with Gasteiger partial charge in [-0.1, -0.05) is 29.3 Å². The number of rotatable bonds is 5. The molecule has 10 heteroatoms. The number of hydrogen-bond donors (Lipinski definition) is 1. The molecule has 1 N–H and O–H groups in total. The number of amides is 1. The Balaban J connectivity index is 1.51. The van der Waals surface area contributed by atoms with E-state index in [2.05, 4.69) is 51.2 Å². The molecule has 0 unspecified atom stereocenters. The van der Waals surface area contributed by atoms with Crippen molar-refractivity contribution in [3.05, 3.63) is 57.9 Å². The Morgan fingerprint density at radius 1 is 1.17 bits per heavy atom. The van der Waals surface area contributed by atoms with Crippen LogP contribution in [0.25, 0.3) is 0 Å². The summed E-state index contributed by atoms with van der Waals surface area (Å²) in [5.74, 6) is 0.731. The predicted molar refractivity (Wildman–Crippen MR) is 144 cm³/mol. The van der Waals surface area contributed by atoms with Crippen LogP contribution in [0.3, 0.4) is 0 Å². The zero-order valence-corrected chi connectivity index (χ0v) is 22.2. The molecule has 8 nitrogen and oxygen atoms in total. The van der Waals surface area contributed by atoms with Crippen molar-refractivity contribution < 1.29 is 4.79 Å². The van der Waals surface area contributed by atoms with E-state index >= 15 is 0 Å². The molecule has 2 aromatic rings. The quantitative estimate of drug-likeness (QED) is 0.572. The van der Waals surface area contributed by atoms with E-state index in [1.165, 1.54) is 5.69 Å². The zero-order valence-electron chi connectivity index (χ0n) is 20.7. The third-order valence-electron chi connectivity index (χ3n) is 6.48. The van der Waals surface area contributed by atoms with Crippen molar-refractivity contribution >= 4 is 52.3 Å². The second kappa shape index (κ2) is 10.4. The lowest BCUT2D eigenvalue weighted by atomic mass is 10.1. The lowest BCUT2D eigenvalue weighted by Crippen LogP contribution is -2.50. The minimum Gasteiger partial charge on any atom is -0.369 e. The Labute approximate surface area is 216 Å². The summed E-state index contributed by atoms with van der Waals surface area (Å²) in [6.45, 7) is 9.10. The van der Waals surface area contributed by atoms with E-state index < -0.39 is 0 Å². The molecule has 1 aromatic heterocycles. The summed E-state index contributed by atoms with van der Waals surface area (Å²) in [7, 11) is 4.04. The van der Waals surface area contributed by atoms with Gasteiger partial charge in [-0.2, -0.15) is 4.98 Å². The molecule has 1 fully saturated rings. The molecule has 2 aliphatic heterocycles. The van der Waals surface area contributed by atoms with Crippen molar-refractivity contribution in [1.82, 2.24) is 19.8 Å². The SMILES string of the molecule is C/C=C(Cl)\C(=C(/C)Cl)N1CN(C)c2nc(Nc3ccc(N4CCN(C)[C@H](C)C4)cc3)ncc2C1=O. The Bertz CT molecular complexity index is 1160. The number of allylic oxidation sites excluding steroid dienone is 3. The summed E-state index contributed by atoms with van der Waals surface area (Å²) in [6, 6.07) is 8.79. The van der Waals surface area contributed by atoms with Gasteiger partial charge in [0.05, 0.1) is 17.4 Å². The Kier molecular flexibility index (Phi) is 7.54. The van der Waals surface area contributed by atoms with Gasteiger partial charge in [0.15, 0.2) is 0 Å². The first kappa shape index (κ1) is 25.3. The van der Waals surface area contributed by atoms with Crippen LogP contribution in [-0.2, 0) is 0 Å². The van der Waals surface area contributed by atoms with Crippen LogP contribution in [0.15, 0.2) is 52.3 Å². The molecule has 0 aliphatic carbocycles. The van der Waals surface area contributed by atoms with Crippen LogP contribution < -0.4 is 15.1 Å². The minimum atomic E-state index is -0.245. The molecule has 3 heterocycles. The summed E-state index contributed by atoms with van der Waals surface area (Å²) < 4.78 is 0. The van der Waals surface area contributed by atoms with Crippen LogP contribution in [0.2, 0.25) is 0 Å². The number of carbonyl (C=O) groups excluding carboxylic acids is 1. The summed E-state index contributed by atoms with van der Waals surface area (Å²) in [5, 5.41) is 4.10. The fourth-order valence-electron chi connectivity index (χ4n) is 4.32. The number of piperazine rings is 1. The van der Waals surface area contributed by atoms with E-state index in [9.17, 15) is 4.79 Å². The number of carbonyl (C=O) groups is 1. The van der Waals surface area contributed by atoms with E-state index in [0.717, 1.165) is 25.3 Å². The molecule has 1 atom stereocenters. The lowest BCUT2D eigenvalue weighted by molar-refractivity contribution is 0.0798. The number of nitrogens with zero attached hydrogens (tertiary/aromatic N) is 6. The maximum Gasteiger partial charge on any atom is 0.265 e. The fourth-order valence-corrected chi connectivity index (χ4v) is 4.82. The molecule has 2 aliphatic rings. The predicted octanol–water partition coefficient (Wildman–Crippen LogP) is 4.82. The fraction of sp³-hybridized carbons (Fsp3) is 0.400. The molecular formula is C25H31Cl2N7O. The zero-order chi connectivity index (χ0) is 25.3. The molecular weight excluding hydrogens is 485 g/mol. The van der Waals surface area contributed by atoms with Crippen molar-refractivity contribution in [3.63, 3.8) is 0 Å². The average Bonchev–Trinajstić information content (AvgIpc) is 2.84. The number of aromatic nitrogens is 2. The van der Waals surface area contributed by atoms with E-state index in [1.807, 2.05) is 24.1 Å². The highest BCUT2D eigenvalue weighted by Gasteiger charge is 2.33. The van der Waals surface area contributed by atoms with Crippen molar-refractivity contribution in [2.45, 2.75) is 26.8 Å². The summed E-state index contributed by atoms with van der Waals surface area (Å²) in [4.78, 5) is 30.5. The Morgan fingerprint density at radius 2 is 1.89 bits per heavy atom. The van der Waals surface area contributed by atoms with E-state index in [-0.39, 0.29) is 12.6 Å². The standard InChI is InChI=1S/C25H31Cl2N7O/c1-6-21(27)22(17(3)26)34-15-32(5)23-20(24(34)35)13-28-25(30-23)29-18-7-9-19(10-8-18)33-12-11-31(4)16(2)14-33/h6-10,13,16H,11-12,14-15H2,1-5H3,(H,28,29,30)/b21-6+,22-17-/t16-/m1/s1. The first-order valence-electron chi connectivity index (χ1n) is 11.6. The van der Waals surface area contributed by atoms with Crippen molar-refractivity contribution in [2.75, 3.05) is 55.5 Å². The smallest absolute Gasteiger partial charge is 0.265 e. The largest absolute Gasteiger partial charge is 0.369 e. The van der Waals surface area contributed by atoms with Gasteiger partial charge in [0, 0.05) is 55.3 Å². The highest BCUT2D eigenvalue weighted by molar-refractivity contribution is 6.35. The second-order valence-corrected chi connectivity index (χ2v) is 9.94. The highest BCUT2D eigenvalue weighted by atomic mass is 35.5. The van der Waals surface area contributed by atoms with Crippen molar-refractivity contribution in [3.8, 4) is 0 Å². The topological polar surface area (TPSA) is 67.8 Å². The van der Waals surface area contributed by atoms with Gasteiger partial charge >= 0.3 is 0 Å². The van der Waals surface area contributed by atoms with Crippen LogP contribution in [-0.4, -0.2) is 72.1 Å². The summed E-state index contributed by atoms with van der Waals surface area (Å²) >= 11 is 12.6. The van der Waals surface area contributed by atoms with Gasteiger partial charge in [-0.15, -0.1) is 0 Å². The van der Waals surface area contributed by atoms with Crippen LogP contribution in [0, 0.1) is 0 Å². The number of nitrogens with one attached hydrogen (secondary N) is 1. The Morgan fingerprint density at radius 3 is 2.51 bits per heavy atom. The highest BCUT2D eigenvalue weighted by Crippen LogP contribution is 2.33. The number of hydrogen-bond acceptors (Lipinski definition) is 7. The first-order valence-corrected chi connectivity index (χ1v) is 12.4. The third kappa shape index (κ3) is 5.24. The maximum atomic E-state index is 13.2. The van der Waals surface area contributed by atoms with Gasteiger partial charge in [-0.05, 0) is 52.1 Å². The number of anilines is 4. The molecule has 1 saturated heterocycles. The van der Waals surface area contributed by atoms with Crippen molar-refractivity contribution in [2.24, 2.45) is 0 Å². The van der Waals surface area contributed by atoms with Crippen LogP contribution in [0.1, 0.15) is 31.1 Å². The van der Waals surface area contributed by atoms with Crippen LogP contribution in [0.4, 0.5) is 23.1 Å². The summed E-state index contributed by atoms with van der Waals surface area (Å²) in [6.07, 6.45) is 3.26. The van der Waals surface area contributed by atoms with Gasteiger partial charge < -0.3 is 20.0 Å². The molecule has 0 saturated carbocycles. The summed E-state index contributed by atoms with van der Waals surface area (Å²) in [5.41, 5.74) is 2.95.